The number of benzene rings is 2. The molecule has 0 bridgehead atoms. The number of anilines is 7. The van der Waals surface area contributed by atoms with Gasteiger partial charge in [0.2, 0.25) is 17.8 Å². The minimum Gasteiger partial charge on any atom is -0.394 e. The molecule has 3 N–H and O–H groups in total. The third-order valence-corrected chi connectivity index (χ3v) is 8.37. The van der Waals surface area contributed by atoms with Gasteiger partial charge in [0.15, 0.2) is 0 Å². The van der Waals surface area contributed by atoms with Crippen LogP contribution in [-0.4, -0.2) is 116 Å². The molecule has 0 atom stereocenters. The van der Waals surface area contributed by atoms with Gasteiger partial charge in [-0.1, -0.05) is 0 Å². The van der Waals surface area contributed by atoms with Gasteiger partial charge in [-0.2, -0.15) is 15.0 Å². The number of ether oxygens (including phenoxy) is 1. The lowest BCUT2D eigenvalue weighted by Gasteiger charge is -2.34. The second-order valence-electron chi connectivity index (χ2n) is 12.5. The monoisotopic (exact) mass is 651 g/mol. The lowest BCUT2D eigenvalue weighted by Crippen LogP contribution is -2.48. The summed E-state index contributed by atoms with van der Waals surface area (Å²) in [5, 5.41) is 18.0. The molecule has 0 unspecified atom stereocenters. The van der Waals surface area contributed by atoms with E-state index < -0.39 is 0 Å². The molecule has 48 heavy (non-hydrogen) atoms. The fourth-order valence-corrected chi connectivity index (χ4v) is 5.98. The van der Waals surface area contributed by atoms with E-state index in [9.17, 15) is 0 Å². The van der Waals surface area contributed by atoms with Gasteiger partial charge < -0.3 is 35.2 Å². The van der Waals surface area contributed by atoms with E-state index in [4.69, 9.17) is 34.8 Å². The van der Waals surface area contributed by atoms with E-state index in [1.54, 1.807) is 0 Å². The van der Waals surface area contributed by atoms with Gasteiger partial charge in [-0.3, -0.25) is 14.9 Å². The molecular weight excluding hydrogens is 606 g/mol. The van der Waals surface area contributed by atoms with E-state index in [2.05, 4.69) is 54.5 Å². The largest absolute Gasteiger partial charge is 0.394 e. The molecular formula is C35H45N11O2. The van der Waals surface area contributed by atoms with Crippen molar-refractivity contribution in [2.24, 2.45) is 0 Å². The van der Waals surface area contributed by atoms with Crippen LogP contribution in [0.2, 0.25) is 0 Å². The maximum absolute atomic E-state index is 8.99. The summed E-state index contributed by atoms with van der Waals surface area (Å²) in [6.07, 6.45) is 0. The molecule has 2 aromatic carbocycles. The zero-order chi connectivity index (χ0) is 33.8. The van der Waals surface area contributed by atoms with Gasteiger partial charge in [0, 0.05) is 106 Å². The molecule has 0 spiro atoms. The summed E-state index contributed by atoms with van der Waals surface area (Å²) < 4.78 is 5.48. The van der Waals surface area contributed by atoms with Crippen LogP contribution < -0.4 is 25.3 Å². The van der Waals surface area contributed by atoms with Gasteiger partial charge in [0.1, 0.15) is 0 Å². The topological polar surface area (TPSA) is 131 Å². The maximum atomic E-state index is 8.99. The lowest BCUT2D eigenvalue weighted by molar-refractivity contribution is 0.0724. The van der Waals surface area contributed by atoms with Crippen LogP contribution in [0.3, 0.4) is 0 Å². The zero-order valence-corrected chi connectivity index (χ0v) is 28.7. The van der Waals surface area contributed by atoms with Crippen molar-refractivity contribution < 1.29 is 9.84 Å². The molecule has 1 fully saturated rings. The highest BCUT2D eigenvalue weighted by atomic mass is 16.5. The Morgan fingerprint density at radius 3 is 1.69 bits per heavy atom. The molecule has 5 aromatic rings. The van der Waals surface area contributed by atoms with Crippen LogP contribution >= 0.6 is 0 Å². The predicted molar refractivity (Wildman–Crippen MR) is 195 cm³/mol. The third-order valence-electron chi connectivity index (χ3n) is 8.37. The molecule has 1 aliphatic heterocycles. The maximum Gasteiger partial charge on any atom is 0.233 e. The second kappa shape index (κ2) is 14.5. The van der Waals surface area contributed by atoms with E-state index in [0.29, 0.717) is 31.1 Å². The number of hydrogen-bond acceptors (Lipinski definition) is 13. The molecule has 13 heteroatoms. The minimum atomic E-state index is 0.0407. The molecule has 0 aliphatic carbocycles. The highest BCUT2D eigenvalue weighted by Gasteiger charge is 2.21. The molecule has 0 amide bonds. The standard InChI is InChI=1S/C35H45N11O2/c1-23-19-31(43(3)4)27-21-25(7-9-29(27)36-23)38-33-40-34(39-26-8-10-30-28(22-26)32(44(5)6)20-24(2)37-30)42-35(41-33)46-13-11-45(12-14-46)15-17-48-18-16-47/h7-10,19-22,47H,11-18H2,1-6H3,(H2,38,39,40,41,42). The number of aliphatic hydroxyl groups excluding tert-OH is 1. The van der Waals surface area contributed by atoms with Gasteiger partial charge in [-0.25, -0.2) is 0 Å². The van der Waals surface area contributed by atoms with Crippen LogP contribution in [0.25, 0.3) is 21.8 Å². The van der Waals surface area contributed by atoms with Crippen LogP contribution in [0.15, 0.2) is 48.5 Å². The molecule has 6 rings (SSSR count). The van der Waals surface area contributed by atoms with Gasteiger partial charge in [-0.05, 0) is 62.4 Å². The summed E-state index contributed by atoms with van der Waals surface area (Å²) in [6.45, 7) is 9.10. The smallest absolute Gasteiger partial charge is 0.233 e. The molecule has 1 saturated heterocycles. The first-order valence-corrected chi connectivity index (χ1v) is 16.3. The first kappa shape index (κ1) is 33.1. The molecule has 3 aromatic heterocycles. The van der Waals surface area contributed by atoms with Crippen molar-refractivity contribution >= 4 is 62.4 Å². The number of piperazine rings is 1. The fraction of sp³-hybridized carbons (Fsp3) is 0.400. The van der Waals surface area contributed by atoms with Crippen molar-refractivity contribution in [3.05, 3.63) is 59.9 Å². The number of nitrogens with one attached hydrogen (secondary N) is 2. The first-order valence-electron chi connectivity index (χ1n) is 16.3. The predicted octanol–water partition coefficient (Wildman–Crippen LogP) is 4.33. The van der Waals surface area contributed by atoms with Crippen molar-refractivity contribution in [1.82, 2.24) is 29.8 Å². The summed E-state index contributed by atoms with van der Waals surface area (Å²) in [5.41, 5.74) is 7.71. The van der Waals surface area contributed by atoms with Gasteiger partial charge >= 0.3 is 0 Å². The minimum absolute atomic E-state index is 0.0407. The Hall–Kier alpha value is -4.85. The summed E-state index contributed by atoms with van der Waals surface area (Å²) in [6, 6.07) is 16.4. The Balaban J connectivity index is 1.31. The number of fused-ring (bicyclic) bond motifs is 2. The van der Waals surface area contributed by atoms with Crippen LogP contribution in [0, 0.1) is 13.8 Å². The highest BCUT2D eigenvalue weighted by Crippen LogP contribution is 2.31. The SMILES string of the molecule is Cc1cc(N(C)C)c2cc(Nc3nc(Nc4ccc5nc(C)cc(N(C)C)c5c4)nc(N4CCN(CCOCCO)CC4)n3)ccc2n1. The van der Waals surface area contributed by atoms with Crippen molar-refractivity contribution in [3.8, 4) is 0 Å². The Kier molecular flexibility index (Phi) is 9.99. The van der Waals surface area contributed by atoms with Crippen molar-refractivity contribution in [1.29, 1.82) is 0 Å². The summed E-state index contributed by atoms with van der Waals surface area (Å²) in [4.78, 5) is 32.8. The summed E-state index contributed by atoms with van der Waals surface area (Å²) in [5.74, 6) is 1.49. The second-order valence-corrected chi connectivity index (χ2v) is 12.5. The van der Waals surface area contributed by atoms with E-state index in [0.717, 1.165) is 88.7 Å². The quantitative estimate of drug-likeness (QED) is 0.166. The van der Waals surface area contributed by atoms with Gasteiger partial charge in [0.05, 0.1) is 30.9 Å². The van der Waals surface area contributed by atoms with Crippen molar-refractivity contribution in [3.63, 3.8) is 0 Å². The molecule has 0 radical (unpaired) electrons. The number of pyridine rings is 2. The van der Waals surface area contributed by atoms with Crippen LogP contribution in [-0.2, 0) is 4.74 Å². The van der Waals surface area contributed by atoms with Gasteiger partial charge in [-0.15, -0.1) is 0 Å². The number of aryl methyl sites for hydroxylation is 2. The van der Waals surface area contributed by atoms with E-state index in [1.807, 2.05) is 66.3 Å². The summed E-state index contributed by atoms with van der Waals surface area (Å²) >= 11 is 0. The highest BCUT2D eigenvalue weighted by molar-refractivity contribution is 5.95. The van der Waals surface area contributed by atoms with E-state index >= 15 is 0 Å². The Bertz CT molecular complexity index is 1770. The van der Waals surface area contributed by atoms with Crippen LogP contribution in [0.1, 0.15) is 11.4 Å². The zero-order valence-electron chi connectivity index (χ0n) is 28.7. The number of nitrogens with zero attached hydrogens (tertiary/aromatic N) is 9. The molecule has 13 nitrogen and oxygen atoms in total. The van der Waals surface area contributed by atoms with E-state index in [-0.39, 0.29) is 6.61 Å². The number of hydrogen-bond donors (Lipinski definition) is 3. The van der Waals surface area contributed by atoms with Crippen molar-refractivity contribution in [2.75, 3.05) is 106 Å². The average Bonchev–Trinajstić information content (AvgIpc) is 3.06. The van der Waals surface area contributed by atoms with Crippen LogP contribution in [0.4, 0.5) is 40.6 Å². The average molecular weight is 652 g/mol. The molecule has 0 saturated carbocycles. The number of aliphatic hydroxyl groups is 1. The van der Waals surface area contributed by atoms with Gasteiger partial charge in [0.25, 0.3) is 0 Å². The normalized spacial score (nSPS) is 13.7. The first-order chi connectivity index (χ1) is 23.2. The Morgan fingerprint density at radius 2 is 1.21 bits per heavy atom. The molecule has 4 heterocycles. The number of rotatable bonds is 12. The third kappa shape index (κ3) is 7.64. The summed E-state index contributed by atoms with van der Waals surface area (Å²) in [7, 11) is 8.16. The Labute approximate surface area is 281 Å². The fourth-order valence-electron chi connectivity index (χ4n) is 5.98. The number of aromatic nitrogens is 5. The lowest BCUT2D eigenvalue weighted by atomic mass is 10.1. The Morgan fingerprint density at radius 1 is 0.688 bits per heavy atom. The van der Waals surface area contributed by atoms with Crippen LogP contribution in [0.5, 0.6) is 0 Å². The molecule has 252 valence electrons. The van der Waals surface area contributed by atoms with E-state index in [1.165, 1.54) is 0 Å². The molecule has 1 aliphatic rings. The van der Waals surface area contributed by atoms with Crippen molar-refractivity contribution in [2.45, 2.75) is 13.8 Å².